The highest BCUT2D eigenvalue weighted by atomic mass is 79.9. The molecule has 1 rings (SSSR count). The van der Waals surface area contributed by atoms with Gasteiger partial charge in [-0.3, -0.25) is 4.79 Å². The second-order valence-electron chi connectivity index (χ2n) is 4.21. The van der Waals surface area contributed by atoms with Gasteiger partial charge in [-0.1, -0.05) is 13.8 Å². The molecule has 0 bridgehead atoms. The summed E-state index contributed by atoms with van der Waals surface area (Å²) in [5, 5.41) is 18.5. The first kappa shape index (κ1) is 13.0. The van der Waals surface area contributed by atoms with Crippen LogP contribution in [0.15, 0.2) is 16.6 Å². The van der Waals surface area contributed by atoms with Gasteiger partial charge >= 0.3 is 5.97 Å². The number of hydrogen-bond donors (Lipinski definition) is 2. The maximum Gasteiger partial charge on any atom is 0.304 e. The molecule has 0 spiro atoms. The van der Waals surface area contributed by atoms with E-state index in [1.807, 2.05) is 0 Å². The molecule has 88 valence electrons. The van der Waals surface area contributed by atoms with Crippen molar-refractivity contribution in [3.8, 4) is 5.75 Å². The second-order valence-corrected chi connectivity index (χ2v) is 5.06. The fourth-order valence-electron chi connectivity index (χ4n) is 1.65. The Labute approximate surface area is 101 Å². The van der Waals surface area contributed by atoms with Crippen LogP contribution in [0.25, 0.3) is 0 Å². The number of phenols is 1. The van der Waals surface area contributed by atoms with E-state index in [9.17, 15) is 14.3 Å². The standard InChI is InChI=1S/C11H12BrFO3/c1-11(2,5-8(14)15)9-7(13)4-3-6(12)10(9)16/h3-4,16H,5H2,1-2H3,(H,14,15). The normalized spacial score (nSPS) is 11.5. The molecule has 0 unspecified atom stereocenters. The van der Waals surface area contributed by atoms with Crippen LogP contribution in [0.5, 0.6) is 5.75 Å². The van der Waals surface area contributed by atoms with Gasteiger partial charge in [-0.25, -0.2) is 4.39 Å². The Morgan fingerprint density at radius 2 is 2.06 bits per heavy atom. The molecule has 0 aliphatic rings. The molecule has 0 heterocycles. The van der Waals surface area contributed by atoms with Crippen molar-refractivity contribution < 1.29 is 19.4 Å². The van der Waals surface area contributed by atoms with Gasteiger partial charge in [-0.15, -0.1) is 0 Å². The summed E-state index contributed by atoms with van der Waals surface area (Å²) in [5.74, 6) is -1.89. The molecule has 0 aliphatic carbocycles. The number of hydrogen-bond acceptors (Lipinski definition) is 2. The molecule has 2 N–H and O–H groups in total. The molecule has 3 nitrogen and oxygen atoms in total. The van der Waals surface area contributed by atoms with Gasteiger partial charge < -0.3 is 10.2 Å². The topological polar surface area (TPSA) is 57.5 Å². The monoisotopic (exact) mass is 290 g/mol. The number of carbonyl (C=O) groups is 1. The van der Waals surface area contributed by atoms with Crippen molar-refractivity contribution in [1.29, 1.82) is 0 Å². The summed E-state index contributed by atoms with van der Waals surface area (Å²) >= 11 is 3.07. The Bertz CT molecular complexity index is 429. The predicted molar refractivity (Wildman–Crippen MR) is 61.0 cm³/mol. The highest BCUT2D eigenvalue weighted by Crippen LogP contribution is 2.39. The van der Waals surface area contributed by atoms with Gasteiger partial charge in [0.15, 0.2) is 0 Å². The SMILES string of the molecule is CC(C)(CC(=O)O)c1c(F)ccc(Br)c1O. The van der Waals surface area contributed by atoms with Gasteiger partial charge in [0, 0.05) is 11.0 Å². The number of halogens is 2. The lowest BCUT2D eigenvalue weighted by molar-refractivity contribution is -0.138. The molecular weight excluding hydrogens is 279 g/mol. The van der Waals surface area contributed by atoms with Crippen molar-refractivity contribution in [3.63, 3.8) is 0 Å². The third kappa shape index (κ3) is 2.52. The predicted octanol–water partition coefficient (Wildman–Crippen LogP) is 3.05. The number of aromatic hydroxyl groups is 1. The van der Waals surface area contributed by atoms with E-state index in [-0.39, 0.29) is 17.7 Å². The molecule has 1 aromatic carbocycles. The Morgan fingerprint density at radius 1 is 1.50 bits per heavy atom. The van der Waals surface area contributed by atoms with Crippen molar-refractivity contribution in [1.82, 2.24) is 0 Å². The van der Waals surface area contributed by atoms with Crippen LogP contribution in [0, 0.1) is 5.82 Å². The largest absolute Gasteiger partial charge is 0.506 e. The molecule has 0 saturated carbocycles. The average Bonchev–Trinajstić information content (AvgIpc) is 2.09. The number of carboxylic acid groups (broad SMARTS) is 1. The molecule has 0 amide bonds. The average molecular weight is 291 g/mol. The zero-order chi connectivity index (χ0) is 12.5. The fraction of sp³-hybridized carbons (Fsp3) is 0.364. The van der Waals surface area contributed by atoms with Gasteiger partial charge in [0.25, 0.3) is 0 Å². The Hall–Kier alpha value is -1.10. The van der Waals surface area contributed by atoms with E-state index < -0.39 is 17.2 Å². The summed E-state index contributed by atoms with van der Waals surface area (Å²) in [6, 6.07) is 2.58. The quantitative estimate of drug-likeness (QED) is 0.900. The van der Waals surface area contributed by atoms with E-state index in [0.29, 0.717) is 4.47 Å². The molecule has 0 aliphatic heterocycles. The molecule has 0 atom stereocenters. The van der Waals surface area contributed by atoms with E-state index in [0.717, 1.165) is 0 Å². The molecule has 0 aromatic heterocycles. The first-order chi connectivity index (χ1) is 7.25. The summed E-state index contributed by atoms with van der Waals surface area (Å²) in [4.78, 5) is 10.7. The fourth-order valence-corrected chi connectivity index (χ4v) is 1.98. The van der Waals surface area contributed by atoms with E-state index in [2.05, 4.69) is 15.9 Å². The summed E-state index contributed by atoms with van der Waals surface area (Å²) in [5.41, 5.74) is -0.951. The molecule has 0 fully saturated rings. The number of carboxylic acids is 1. The zero-order valence-corrected chi connectivity index (χ0v) is 10.5. The lowest BCUT2D eigenvalue weighted by Gasteiger charge is -2.25. The van der Waals surface area contributed by atoms with Crippen LogP contribution < -0.4 is 0 Å². The Kier molecular flexibility index (Phi) is 3.57. The summed E-state index contributed by atoms with van der Waals surface area (Å²) < 4.78 is 14.0. The maximum atomic E-state index is 13.6. The first-order valence-corrected chi connectivity index (χ1v) is 5.44. The van der Waals surface area contributed by atoms with Crippen molar-refractivity contribution in [3.05, 3.63) is 28.0 Å². The summed E-state index contributed by atoms with van der Waals surface area (Å²) in [6.45, 7) is 3.15. The third-order valence-electron chi connectivity index (χ3n) is 2.35. The summed E-state index contributed by atoms with van der Waals surface area (Å²) in [6.07, 6.45) is -0.256. The second kappa shape index (κ2) is 4.41. The molecule has 1 aromatic rings. The van der Waals surface area contributed by atoms with E-state index >= 15 is 0 Å². The number of benzene rings is 1. The number of rotatable bonds is 3. The highest BCUT2D eigenvalue weighted by molar-refractivity contribution is 9.10. The van der Waals surface area contributed by atoms with Crippen LogP contribution in [0.1, 0.15) is 25.8 Å². The van der Waals surface area contributed by atoms with Crippen LogP contribution in [0.3, 0.4) is 0 Å². The van der Waals surface area contributed by atoms with E-state index in [1.165, 1.54) is 12.1 Å². The zero-order valence-electron chi connectivity index (χ0n) is 8.92. The van der Waals surface area contributed by atoms with Gasteiger partial charge in [0.2, 0.25) is 0 Å². The van der Waals surface area contributed by atoms with Crippen LogP contribution in [-0.4, -0.2) is 16.2 Å². The number of phenolic OH excluding ortho intramolecular Hbond substituents is 1. The van der Waals surface area contributed by atoms with Gasteiger partial charge in [0.1, 0.15) is 11.6 Å². The van der Waals surface area contributed by atoms with Crippen LogP contribution >= 0.6 is 15.9 Å². The van der Waals surface area contributed by atoms with E-state index in [4.69, 9.17) is 5.11 Å². The van der Waals surface area contributed by atoms with Crippen LogP contribution in [0.2, 0.25) is 0 Å². The minimum absolute atomic E-state index is 0.0178. The highest BCUT2D eigenvalue weighted by Gasteiger charge is 2.31. The molecular formula is C11H12BrFO3. The van der Waals surface area contributed by atoms with Crippen molar-refractivity contribution in [2.24, 2.45) is 0 Å². The Balaban J connectivity index is 3.31. The Morgan fingerprint density at radius 3 is 2.56 bits per heavy atom. The van der Waals surface area contributed by atoms with Crippen molar-refractivity contribution in [2.75, 3.05) is 0 Å². The van der Waals surface area contributed by atoms with Crippen molar-refractivity contribution >= 4 is 21.9 Å². The van der Waals surface area contributed by atoms with Crippen LogP contribution in [-0.2, 0) is 10.2 Å². The van der Waals surface area contributed by atoms with Crippen molar-refractivity contribution in [2.45, 2.75) is 25.7 Å². The minimum Gasteiger partial charge on any atom is -0.506 e. The summed E-state index contributed by atoms with van der Waals surface area (Å²) in [7, 11) is 0. The number of aliphatic carboxylic acids is 1. The van der Waals surface area contributed by atoms with Gasteiger partial charge in [-0.05, 0) is 28.1 Å². The van der Waals surface area contributed by atoms with Gasteiger partial charge in [-0.2, -0.15) is 0 Å². The third-order valence-corrected chi connectivity index (χ3v) is 2.99. The lowest BCUT2D eigenvalue weighted by atomic mass is 9.80. The molecule has 0 saturated heterocycles. The molecule has 16 heavy (non-hydrogen) atoms. The minimum atomic E-state index is -1.04. The van der Waals surface area contributed by atoms with E-state index in [1.54, 1.807) is 13.8 Å². The van der Waals surface area contributed by atoms with Gasteiger partial charge in [0.05, 0.1) is 10.9 Å². The maximum absolute atomic E-state index is 13.6. The lowest BCUT2D eigenvalue weighted by Crippen LogP contribution is -2.23. The molecule has 5 heteroatoms. The first-order valence-electron chi connectivity index (χ1n) is 4.65. The smallest absolute Gasteiger partial charge is 0.304 e. The van der Waals surface area contributed by atoms with Crippen LogP contribution in [0.4, 0.5) is 4.39 Å². The molecule has 0 radical (unpaired) electrons.